The Kier molecular flexibility index (Phi) is 8.47. The van der Waals surface area contributed by atoms with Crippen molar-refractivity contribution in [2.24, 2.45) is 0 Å². The van der Waals surface area contributed by atoms with Crippen LogP contribution in [0.3, 0.4) is 0 Å². The maximum absolute atomic E-state index is 14.2. The van der Waals surface area contributed by atoms with Gasteiger partial charge in [-0.3, -0.25) is 4.79 Å². The van der Waals surface area contributed by atoms with E-state index in [0.717, 1.165) is 33.4 Å². The Morgan fingerprint density at radius 1 is 0.595 bits per heavy atom. The van der Waals surface area contributed by atoms with Crippen LogP contribution < -0.4 is 14.2 Å². The van der Waals surface area contributed by atoms with Crippen LogP contribution in [0.5, 0.6) is 17.2 Å². The van der Waals surface area contributed by atoms with Gasteiger partial charge in [-0.2, -0.15) is 0 Å². The Morgan fingerprint density at radius 2 is 1.03 bits per heavy atom. The molecule has 0 amide bonds. The topological polar surface area (TPSA) is 61.8 Å². The van der Waals surface area contributed by atoms with E-state index in [1.165, 1.54) is 0 Å². The fourth-order valence-electron chi connectivity index (χ4n) is 4.86. The van der Waals surface area contributed by atoms with Crippen LogP contribution in [0.4, 0.5) is 0 Å². The highest BCUT2D eigenvalue weighted by Crippen LogP contribution is 2.41. The van der Waals surface area contributed by atoms with Crippen LogP contribution in [0.25, 0.3) is 0 Å². The van der Waals surface area contributed by atoms with E-state index in [-0.39, 0.29) is 35.1 Å². The molecule has 0 radical (unpaired) electrons. The number of esters is 1. The number of rotatable bonds is 8. The van der Waals surface area contributed by atoms with Crippen molar-refractivity contribution < 1.29 is 23.8 Å². The van der Waals surface area contributed by atoms with Crippen LogP contribution in [-0.4, -0.2) is 24.0 Å². The second-order valence-electron chi connectivity index (χ2n) is 10.4. The van der Waals surface area contributed by atoms with Crippen molar-refractivity contribution in [2.75, 3.05) is 0 Å². The molecule has 0 saturated carbocycles. The minimum atomic E-state index is -0.498. The van der Waals surface area contributed by atoms with E-state index in [4.69, 9.17) is 14.2 Å². The Morgan fingerprint density at radius 3 is 1.49 bits per heavy atom. The van der Waals surface area contributed by atoms with E-state index < -0.39 is 5.97 Å². The summed E-state index contributed by atoms with van der Waals surface area (Å²) in [5, 5.41) is 0. The minimum Gasteiger partial charge on any atom is -0.490 e. The number of ketones is 1. The first-order chi connectivity index (χ1) is 17.3. The molecule has 5 nitrogen and oxygen atoms in total. The lowest BCUT2D eigenvalue weighted by molar-refractivity contribution is 0.0721. The summed E-state index contributed by atoms with van der Waals surface area (Å²) in [4.78, 5) is 27.5. The molecule has 0 N–H and O–H groups in total. The number of aryl methyl sites for hydroxylation is 6. The van der Waals surface area contributed by atoms with Crippen molar-refractivity contribution in [1.82, 2.24) is 0 Å². The lowest BCUT2D eigenvalue weighted by Crippen LogP contribution is -2.19. The average Bonchev–Trinajstić information content (AvgIpc) is 2.73. The number of hydrogen-bond donors (Lipinski definition) is 0. The van der Waals surface area contributed by atoms with Gasteiger partial charge in [-0.05, 0) is 104 Å². The van der Waals surface area contributed by atoms with Crippen molar-refractivity contribution in [1.29, 1.82) is 0 Å². The molecule has 0 heterocycles. The van der Waals surface area contributed by atoms with Gasteiger partial charge in [0.2, 0.25) is 5.78 Å². The summed E-state index contributed by atoms with van der Waals surface area (Å²) in [6, 6.07) is 11.2. The smallest absolute Gasteiger partial charge is 0.344 e. The zero-order chi connectivity index (χ0) is 27.6. The molecule has 0 bridgehead atoms. The van der Waals surface area contributed by atoms with E-state index in [9.17, 15) is 9.59 Å². The largest absolute Gasteiger partial charge is 0.490 e. The van der Waals surface area contributed by atoms with E-state index >= 15 is 0 Å². The third-order valence-electron chi connectivity index (χ3n) is 6.01. The summed E-state index contributed by atoms with van der Waals surface area (Å²) in [5.41, 5.74) is 6.87. The number of carbonyl (C=O) groups is 2. The van der Waals surface area contributed by atoms with Crippen LogP contribution >= 0.6 is 0 Å². The molecular formula is C32H38O5. The molecule has 5 heteroatoms. The monoisotopic (exact) mass is 502 g/mol. The lowest BCUT2D eigenvalue weighted by atomic mass is 9.92. The molecule has 0 atom stereocenters. The summed E-state index contributed by atoms with van der Waals surface area (Å²) >= 11 is 0. The van der Waals surface area contributed by atoms with Gasteiger partial charge < -0.3 is 14.2 Å². The first-order valence-corrected chi connectivity index (χ1v) is 12.7. The highest BCUT2D eigenvalue weighted by Gasteiger charge is 2.29. The fraction of sp³-hybridized carbons (Fsp3) is 0.375. The Labute approximate surface area is 220 Å². The van der Waals surface area contributed by atoms with Gasteiger partial charge in [0.1, 0.15) is 11.3 Å². The van der Waals surface area contributed by atoms with E-state index in [1.807, 2.05) is 93.5 Å². The van der Waals surface area contributed by atoms with Crippen LogP contribution in [-0.2, 0) is 0 Å². The maximum Gasteiger partial charge on any atom is 0.344 e. The molecule has 3 aromatic carbocycles. The van der Waals surface area contributed by atoms with Crippen molar-refractivity contribution in [3.05, 3.63) is 86.5 Å². The number of benzene rings is 3. The highest BCUT2D eigenvalue weighted by molar-refractivity contribution is 6.14. The molecular weight excluding hydrogens is 464 g/mol. The van der Waals surface area contributed by atoms with Gasteiger partial charge in [0, 0.05) is 5.56 Å². The Hall–Kier alpha value is -3.60. The molecule has 0 aliphatic heterocycles. The second-order valence-corrected chi connectivity index (χ2v) is 10.4. The maximum atomic E-state index is 14.2. The van der Waals surface area contributed by atoms with Gasteiger partial charge in [0.05, 0.1) is 17.8 Å². The van der Waals surface area contributed by atoms with Gasteiger partial charge in [-0.25, -0.2) is 4.79 Å². The molecule has 0 fully saturated rings. The molecule has 196 valence electrons. The van der Waals surface area contributed by atoms with Gasteiger partial charge in [0.15, 0.2) is 11.5 Å². The van der Waals surface area contributed by atoms with Crippen molar-refractivity contribution >= 4 is 11.8 Å². The zero-order valence-electron chi connectivity index (χ0n) is 23.7. The standard InChI is InChI=1S/C32H38O5/c1-17(2)35-25-11-12-26(37-32(34)28-23(9)15-20(6)16-24(28)10)31(36-18(3)4)29(25)30(33)27-21(7)13-19(5)14-22(27)8/h11-18H,1-10H3. The van der Waals surface area contributed by atoms with E-state index in [2.05, 4.69) is 0 Å². The minimum absolute atomic E-state index is 0.176. The molecule has 0 spiro atoms. The third-order valence-corrected chi connectivity index (χ3v) is 6.01. The first-order valence-electron chi connectivity index (χ1n) is 12.7. The molecule has 0 aromatic heterocycles. The normalized spacial score (nSPS) is 11.1. The summed E-state index contributed by atoms with van der Waals surface area (Å²) in [6.07, 6.45) is -0.453. The zero-order valence-corrected chi connectivity index (χ0v) is 23.7. The van der Waals surface area contributed by atoms with Crippen molar-refractivity contribution in [3.8, 4) is 17.2 Å². The van der Waals surface area contributed by atoms with Gasteiger partial charge in [0.25, 0.3) is 0 Å². The average molecular weight is 503 g/mol. The number of hydrogen-bond acceptors (Lipinski definition) is 5. The van der Waals surface area contributed by atoms with E-state index in [1.54, 1.807) is 12.1 Å². The molecule has 0 aliphatic carbocycles. The SMILES string of the molecule is Cc1cc(C)c(C(=O)Oc2ccc(OC(C)C)c(C(=O)c3c(C)cc(C)cc3C)c2OC(C)C)c(C)c1. The van der Waals surface area contributed by atoms with Crippen molar-refractivity contribution in [2.45, 2.75) is 81.4 Å². The predicted molar refractivity (Wildman–Crippen MR) is 148 cm³/mol. The molecule has 0 aliphatic rings. The first kappa shape index (κ1) is 28.0. The quantitative estimate of drug-likeness (QED) is 0.181. The van der Waals surface area contributed by atoms with Gasteiger partial charge >= 0.3 is 5.97 Å². The van der Waals surface area contributed by atoms with Crippen LogP contribution in [0, 0.1) is 41.5 Å². The molecule has 0 saturated heterocycles. The third kappa shape index (κ3) is 6.22. The summed E-state index contributed by atoms with van der Waals surface area (Å²) < 4.78 is 18.2. The fourth-order valence-corrected chi connectivity index (χ4v) is 4.86. The molecule has 0 unspecified atom stereocenters. The molecule has 3 rings (SSSR count). The Balaban J connectivity index is 2.23. The summed E-state index contributed by atoms with van der Waals surface area (Å²) in [5.74, 6) is 0.0369. The van der Waals surface area contributed by atoms with Crippen LogP contribution in [0.2, 0.25) is 0 Å². The van der Waals surface area contributed by atoms with Crippen LogP contribution in [0.15, 0.2) is 36.4 Å². The summed E-state index contributed by atoms with van der Waals surface area (Å²) in [7, 11) is 0. The second kappa shape index (κ2) is 11.2. The van der Waals surface area contributed by atoms with E-state index in [0.29, 0.717) is 16.9 Å². The summed E-state index contributed by atoms with van der Waals surface area (Å²) in [6.45, 7) is 19.2. The number of carbonyl (C=O) groups excluding carboxylic acids is 2. The predicted octanol–water partition coefficient (Wildman–Crippen LogP) is 7.56. The van der Waals surface area contributed by atoms with Crippen LogP contribution in [0.1, 0.15) is 87.4 Å². The van der Waals surface area contributed by atoms with Gasteiger partial charge in [-0.1, -0.05) is 35.4 Å². The van der Waals surface area contributed by atoms with Gasteiger partial charge in [-0.15, -0.1) is 0 Å². The lowest BCUT2D eigenvalue weighted by Gasteiger charge is -2.22. The highest BCUT2D eigenvalue weighted by atomic mass is 16.6. The number of ether oxygens (including phenoxy) is 3. The molecule has 3 aromatic rings. The van der Waals surface area contributed by atoms with Crippen molar-refractivity contribution in [3.63, 3.8) is 0 Å². The molecule has 37 heavy (non-hydrogen) atoms. The Bertz CT molecular complexity index is 1300.